The molecule has 33 heavy (non-hydrogen) atoms. The number of hydrogen-bond donors (Lipinski definition) is 1. The first-order chi connectivity index (χ1) is 15.9. The smallest absolute Gasteiger partial charge is 0.343 e. The van der Waals surface area contributed by atoms with Crippen molar-refractivity contribution in [1.82, 2.24) is 0 Å². The fraction of sp³-hybridized carbons (Fsp3) is 0.130. The van der Waals surface area contributed by atoms with Crippen LogP contribution in [0.3, 0.4) is 0 Å². The predicted octanol–water partition coefficient (Wildman–Crippen LogP) is 3.48. The Labute approximate surface area is 191 Å². The third-order valence-electron chi connectivity index (χ3n) is 5.07. The Balaban J connectivity index is 1.75. The second-order valence-corrected chi connectivity index (χ2v) is 8.78. The molecule has 1 aliphatic rings. The van der Waals surface area contributed by atoms with E-state index < -0.39 is 28.5 Å². The molecule has 4 rings (SSSR count). The van der Waals surface area contributed by atoms with Gasteiger partial charge in [0.2, 0.25) is 5.91 Å². The summed E-state index contributed by atoms with van der Waals surface area (Å²) in [7, 11) is -1.39. The van der Waals surface area contributed by atoms with Gasteiger partial charge in [-0.15, -0.1) is 0 Å². The first-order valence-electron chi connectivity index (χ1n) is 9.90. The Hall–Kier alpha value is -4.05. The first kappa shape index (κ1) is 22.2. The normalized spacial score (nSPS) is 14.4. The molecule has 0 saturated heterocycles. The molecule has 10 heteroatoms. The maximum atomic E-state index is 13.5. The number of amides is 3. The minimum atomic E-state index is -4.25. The standard InChI is InChI=1S/C23H21N3O6S/c1-31-19-12-6-3-9-16(19)24-22(27)15-25-18-11-5-8-14-21(18)33(29,30)26(23(25)28)17-10-4-7-13-20(17)32-2/h3-14H,15H2,1-2H3,(H,24,27). The number of nitrogens with one attached hydrogen (secondary N) is 1. The highest BCUT2D eigenvalue weighted by atomic mass is 32.2. The number of fused-ring (bicyclic) bond motifs is 1. The van der Waals surface area contributed by atoms with Crippen molar-refractivity contribution in [3.05, 3.63) is 72.8 Å². The van der Waals surface area contributed by atoms with Crippen molar-refractivity contribution < 1.29 is 27.5 Å². The van der Waals surface area contributed by atoms with Gasteiger partial charge in [-0.1, -0.05) is 36.4 Å². The average molecular weight is 468 g/mol. The molecule has 0 aliphatic carbocycles. The van der Waals surface area contributed by atoms with Gasteiger partial charge in [-0.3, -0.25) is 9.69 Å². The molecule has 0 unspecified atom stereocenters. The lowest BCUT2D eigenvalue weighted by Crippen LogP contribution is -2.53. The van der Waals surface area contributed by atoms with E-state index in [1.165, 1.54) is 32.4 Å². The molecule has 0 atom stereocenters. The highest BCUT2D eigenvalue weighted by Gasteiger charge is 2.44. The maximum absolute atomic E-state index is 13.5. The molecular formula is C23H21N3O6S. The summed E-state index contributed by atoms with van der Waals surface area (Å²) in [5.41, 5.74) is 0.593. The van der Waals surface area contributed by atoms with E-state index in [0.29, 0.717) is 15.7 Å². The zero-order valence-electron chi connectivity index (χ0n) is 17.9. The van der Waals surface area contributed by atoms with E-state index in [0.717, 1.165) is 4.90 Å². The van der Waals surface area contributed by atoms with Crippen LogP contribution in [0.15, 0.2) is 77.7 Å². The van der Waals surface area contributed by atoms with E-state index in [2.05, 4.69) is 5.32 Å². The molecule has 0 radical (unpaired) electrons. The SMILES string of the molecule is COc1ccccc1NC(=O)CN1C(=O)N(c2ccccc2OC)S(=O)(=O)c2ccccc21. The Morgan fingerprint density at radius 2 is 1.42 bits per heavy atom. The number of hydrogen-bond acceptors (Lipinski definition) is 6. The number of ether oxygens (including phenoxy) is 2. The van der Waals surface area contributed by atoms with Crippen LogP contribution in [0.1, 0.15) is 0 Å². The molecule has 1 heterocycles. The molecule has 170 valence electrons. The van der Waals surface area contributed by atoms with Gasteiger partial charge in [-0.2, -0.15) is 4.31 Å². The van der Waals surface area contributed by atoms with E-state index in [9.17, 15) is 18.0 Å². The minimum absolute atomic E-state index is 0.0506. The summed E-state index contributed by atoms with van der Waals surface area (Å²) in [4.78, 5) is 27.4. The van der Waals surface area contributed by atoms with Gasteiger partial charge in [0.05, 0.1) is 25.6 Å². The van der Waals surface area contributed by atoms with E-state index >= 15 is 0 Å². The molecule has 0 bridgehead atoms. The number of nitrogens with zero attached hydrogens (tertiary/aromatic N) is 2. The number of sulfonamides is 1. The number of methoxy groups -OCH3 is 2. The maximum Gasteiger partial charge on any atom is 0.343 e. The number of para-hydroxylation sites is 5. The first-order valence-corrected chi connectivity index (χ1v) is 11.3. The molecule has 1 aliphatic heterocycles. The molecule has 0 aromatic heterocycles. The zero-order chi connectivity index (χ0) is 23.6. The number of urea groups is 1. The third-order valence-corrected chi connectivity index (χ3v) is 6.80. The molecule has 3 aromatic carbocycles. The molecule has 9 nitrogen and oxygen atoms in total. The van der Waals surface area contributed by atoms with E-state index in [1.807, 2.05) is 0 Å². The average Bonchev–Trinajstić information content (AvgIpc) is 2.82. The summed E-state index contributed by atoms with van der Waals surface area (Å²) in [5, 5.41) is 2.71. The summed E-state index contributed by atoms with van der Waals surface area (Å²) in [5.74, 6) is 0.128. The second kappa shape index (κ2) is 8.83. The second-order valence-electron chi connectivity index (χ2n) is 7.03. The van der Waals surface area contributed by atoms with Gasteiger partial charge in [0.1, 0.15) is 28.6 Å². The van der Waals surface area contributed by atoms with Crippen LogP contribution in [-0.2, 0) is 14.8 Å². The zero-order valence-corrected chi connectivity index (χ0v) is 18.7. The number of benzene rings is 3. The van der Waals surface area contributed by atoms with Crippen LogP contribution in [0.4, 0.5) is 21.9 Å². The number of carbonyl (C=O) groups excluding carboxylic acids is 2. The molecule has 0 saturated carbocycles. The highest BCUT2D eigenvalue weighted by Crippen LogP contribution is 2.40. The minimum Gasteiger partial charge on any atom is -0.495 e. The van der Waals surface area contributed by atoms with Crippen LogP contribution in [0.5, 0.6) is 11.5 Å². The lowest BCUT2D eigenvalue weighted by Gasteiger charge is -2.36. The van der Waals surface area contributed by atoms with Crippen molar-refractivity contribution in [3.63, 3.8) is 0 Å². The largest absolute Gasteiger partial charge is 0.495 e. The van der Waals surface area contributed by atoms with E-state index in [1.54, 1.807) is 54.6 Å². The monoisotopic (exact) mass is 467 g/mol. The van der Waals surface area contributed by atoms with Crippen molar-refractivity contribution in [3.8, 4) is 11.5 Å². The summed E-state index contributed by atoms with van der Waals surface area (Å²) >= 11 is 0. The van der Waals surface area contributed by atoms with Gasteiger partial charge in [0, 0.05) is 0 Å². The topological polar surface area (TPSA) is 105 Å². The summed E-state index contributed by atoms with van der Waals surface area (Å²) in [6, 6.07) is 18.3. The summed E-state index contributed by atoms with van der Waals surface area (Å²) in [6.07, 6.45) is 0. The Bertz CT molecular complexity index is 1330. The highest BCUT2D eigenvalue weighted by molar-refractivity contribution is 7.94. The summed E-state index contributed by atoms with van der Waals surface area (Å²) < 4.78 is 38.0. The Kier molecular flexibility index (Phi) is 5.93. The van der Waals surface area contributed by atoms with Crippen molar-refractivity contribution in [2.45, 2.75) is 4.90 Å². The molecule has 3 aromatic rings. The number of anilines is 3. The third kappa shape index (κ3) is 3.96. The van der Waals surface area contributed by atoms with Gasteiger partial charge in [-0.25, -0.2) is 13.2 Å². The molecule has 3 amide bonds. The van der Waals surface area contributed by atoms with Crippen LogP contribution in [0.25, 0.3) is 0 Å². The Morgan fingerprint density at radius 3 is 2.12 bits per heavy atom. The van der Waals surface area contributed by atoms with Crippen molar-refractivity contribution >= 4 is 39.0 Å². The Morgan fingerprint density at radius 1 is 0.848 bits per heavy atom. The van der Waals surface area contributed by atoms with Crippen LogP contribution in [0.2, 0.25) is 0 Å². The fourth-order valence-electron chi connectivity index (χ4n) is 3.58. The van der Waals surface area contributed by atoms with Crippen LogP contribution >= 0.6 is 0 Å². The summed E-state index contributed by atoms with van der Waals surface area (Å²) in [6.45, 7) is -0.422. The predicted molar refractivity (Wildman–Crippen MR) is 123 cm³/mol. The molecule has 0 fully saturated rings. The fourth-order valence-corrected chi connectivity index (χ4v) is 5.18. The van der Waals surface area contributed by atoms with Crippen LogP contribution < -0.4 is 24.0 Å². The van der Waals surface area contributed by atoms with Crippen LogP contribution in [-0.4, -0.2) is 41.1 Å². The molecule has 0 spiro atoms. The van der Waals surface area contributed by atoms with Gasteiger partial charge < -0.3 is 14.8 Å². The van der Waals surface area contributed by atoms with Gasteiger partial charge >= 0.3 is 6.03 Å². The molecule has 1 N–H and O–H groups in total. The van der Waals surface area contributed by atoms with Crippen molar-refractivity contribution in [2.24, 2.45) is 0 Å². The quantitative estimate of drug-likeness (QED) is 0.595. The number of carbonyl (C=O) groups is 2. The van der Waals surface area contributed by atoms with Gasteiger partial charge in [0.15, 0.2) is 0 Å². The van der Waals surface area contributed by atoms with E-state index in [4.69, 9.17) is 9.47 Å². The number of rotatable bonds is 6. The molecular weight excluding hydrogens is 446 g/mol. The van der Waals surface area contributed by atoms with Crippen molar-refractivity contribution in [2.75, 3.05) is 35.3 Å². The van der Waals surface area contributed by atoms with Gasteiger partial charge in [0.25, 0.3) is 10.0 Å². The van der Waals surface area contributed by atoms with E-state index in [-0.39, 0.29) is 22.0 Å². The lowest BCUT2D eigenvalue weighted by atomic mass is 10.2. The van der Waals surface area contributed by atoms with Crippen LogP contribution in [0, 0.1) is 0 Å². The van der Waals surface area contributed by atoms with Gasteiger partial charge in [-0.05, 0) is 36.4 Å². The van der Waals surface area contributed by atoms with Crippen molar-refractivity contribution in [1.29, 1.82) is 0 Å². The lowest BCUT2D eigenvalue weighted by molar-refractivity contribution is -0.114.